The summed E-state index contributed by atoms with van der Waals surface area (Å²) >= 11 is 0. The second kappa shape index (κ2) is 7.65. The number of rotatable bonds is 7. The Morgan fingerprint density at radius 2 is 2.06 bits per heavy atom. The van der Waals surface area contributed by atoms with Crippen LogP contribution in [0.2, 0.25) is 0 Å². The van der Waals surface area contributed by atoms with Crippen molar-refractivity contribution in [2.24, 2.45) is 0 Å². The van der Waals surface area contributed by atoms with Gasteiger partial charge in [-0.15, -0.1) is 0 Å². The summed E-state index contributed by atoms with van der Waals surface area (Å²) in [7, 11) is 1.60. The third-order valence-electron chi connectivity index (χ3n) is 2.11. The van der Waals surface area contributed by atoms with Crippen molar-refractivity contribution in [1.82, 2.24) is 5.32 Å². The molecular weight excluding hydrogens is 222 g/mol. The number of methoxy groups -OCH3 is 1. The number of carbonyl (C=O) groups is 1. The van der Waals surface area contributed by atoms with Crippen molar-refractivity contribution in [2.75, 3.05) is 33.5 Å². The second-order valence-electron chi connectivity index (χ2n) is 3.38. The molecule has 5 nitrogen and oxygen atoms in total. The molecule has 1 aromatic carbocycles. The SMILES string of the molecule is COCCOCCNC(=O)c1ccccc1O. The van der Waals surface area contributed by atoms with Crippen LogP contribution in [0.5, 0.6) is 5.75 Å². The molecule has 1 amide bonds. The predicted octanol–water partition coefficient (Wildman–Crippen LogP) is 0.785. The molecule has 5 heteroatoms. The van der Waals surface area contributed by atoms with Gasteiger partial charge in [0.15, 0.2) is 0 Å². The standard InChI is InChI=1S/C12H17NO4/c1-16-8-9-17-7-6-13-12(15)10-4-2-3-5-11(10)14/h2-5,14H,6-9H2,1H3,(H,13,15). The minimum absolute atomic E-state index is 0.0229. The van der Waals surface area contributed by atoms with Crippen molar-refractivity contribution in [3.05, 3.63) is 29.8 Å². The molecular formula is C12H17NO4. The number of phenolic OH excluding ortho intramolecular Hbond substituents is 1. The Labute approximate surface area is 100 Å². The topological polar surface area (TPSA) is 67.8 Å². The van der Waals surface area contributed by atoms with Gasteiger partial charge in [-0.1, -0.05) is 12.1 Å². The number of amides is 1. The molecule has 0 atom stereocenters. The first kappa shape index (κ1) is 13.5. The van der Waals surface area contributed by atoms with E-state index in [1.165, 1.54) is 6.07 Å². The number of phenols is 1. The Balaban J connectivity index is 2.24. The normalized spacial score (nSPS) is 10.2. The number of hydrogen-bond acceptors (Lipinski definition) is 4. The van der Waals surface area contributed by atoms with Gasteiger partial charge in [-0.25, -0.2) is 0 Å². The summed E-state index contributed by atoms with van der Waals surface area (Å²) < 4.78 is 10.00. The number of para-hydroxylation sites is 1. The van der Waals surface area contributed by atoms with Crippen LogP contribution in [0.4, 0.5) is 0 Å². The summed E-state index contributed by atoms with van der Waals surface area (Å²) in [4.78, 5) is 11.6. The third kappa shape index (κ3) is 4.84. The molecule has 0 fully saturated rings. The monoisotopic (exact) mass is 239 g/mol. The van der Waals surface area contributed by atoms with Crippen molar-refractivity contribution >= 4 is 5.91 Å². The molecule has 0 bridgehead atoms. The van der Waals surface area contributed by atoms with Crippen molar-refractivity contribution < 1.29 is 19.4 Å². The van der Waals surface area contributed by atoms with Crippen LogP contribution in [-0.4, -0.2) is 44.5 Å². The molecule has 0 aliphatic rings. The first-order valence-electron chi connectivity index (χ1n) is 5.38. The lowest BCUT2D eigenvalue weighted by Crippen LogP contribution is -2.27. The van der Waals surface area contributed by atoms with E-state index in [0.717, 1.165) is 0 Å². The summed E-state index contributed by atoms with van der Waals surface area (Å²) in [6.07, 6.45) is 0. The molecule has 94 valence electrons. The summed E-state index contributed by atoms with van der Waals surface area (Å²) in [5.74, 6) is -0.330. The van der Waals surface area contributed by atoms with Crippen molar-refractivity contribution in [2.45, 2.75) is 0 Å². The molecule has 0 radical (unpaired) electrons. The Bertz CT molecular complexity index is 354. The van der Waals surface area contributed by atoms with Gasteiger partial charge < -0.3 is 19.9 Å². The van der Waals surface area contributed by atoms with E-state index in [1.807, 2.05) is 0 Å². The maximum Gasteiger partial charge on any atom is 0.255 e. The van der Waals surface area contributed by atoms with E-state index in [-0.39, 0.29) is 17.2 Å². The highest BCUT2D eigenvalue weighted by Crippen LogP contribution is 2.14. The van der Waals surface area contributed by atoms with Gasteiger partial charge in [0.25, 0.3) is 5.91 Å². The molecule has 1 rings (SSSR count). The van der Waals surface area contributed by atoms with Crippen LogP contribution in [0.25, 0.3) is 0 Å². The van der Waals surface area contributed by atoms with Gasteiger partial charge in [-0.3, -0.25) is 4.79 Å². The lowest BCUT2D eigenvalue weighted by molar-refractivity contribution is 0.0692. The van der Waals surface area contributed by atoms with Crippen LogP contribution < -0.4 is 5.32 Å². The molecule has 0 saturated heterocycles. The molecule has 0 heterocycles. The van der Waals surface area contributed by atoms with E-state index < -0.39 is 0 Å². The fourth-order valence-electron chi connectivity index (χ4n) is 1.24. The molecule has 17 heavy (non-hydrogen) atoms. The fourth-order valence-corrected chi connectivity index (χ4v) is 1.24. The number of aromatic hydroxyl groups is 1. The van der Waals surface area contributed by atoms with Crippen LogP contribution in [-0.2, 0) is 9.47 Å². The molecule has 0 aliphatic carbocycles. The molecule has 0 aliphatic heterocycles. The van der Waals surface area contributed by atoms with Gasteiger partial charge in [0, 0.05) is 13.7 Å². The Hall–Kier alpha value is -1.59. The quantitative estimate of drug-likeness (QED) is 0.690. The maximum atomic E-state index is 11.6. The average molecular weight is 239 g/mol. The van der Waals surface area contributed by atoms with E-state index in [1.54, 1.807) is 25.3 Å². The van der Waals surface area contributed by atoms with Gasteiger partial charge in [0.1, 0.15) is 5.75 Å². The van der Waals surface area contributed by atoms with Gasteiger partial charge in [-0.2, -0.15) is 0 Å². The average Bonchev–Trinajstić information content (AvgIpc) is 2.34. The van der Waals surface area contributed by atoms with E-state index in [4.69, 9.17) is 9.47 Å². The third-order valence-corrected chi connectivity index (χ3v) is 2.11. The summed E-state index contributed by atoms with van der Waals surface area (Å²) in [6.45, 7) is 1.86. The minimum Gasteiger partial charge on any atom is -0.507 e. The zero-order chi connectivity index (χ0) is 12.5. The van der Waals surface area contributed by atoms with Crippen LogP contribution in [0.15, 0.2) is 24.3 Å². The van der Waals surface area contributed by atoms with Crippen LogP contribution >= 0.6 is 0 Å². The highest BCUT2D eigenvalue weighted by Gasteiger charge is 2.08. The van der Waals surface area contributed by atoms with Gasteiger partial charge in [0.2, 0.25) is 0 Å². The molecule has 0 unspecified atom stereocenters. The summed E-state index contributed by atoms with van der Waals surface area (Å²) in [6, 6.07) is 6.41. The first-order valence-corrected chi connectivity index (χ1v) is 5.38. The molecule has 0 aromatic heterocycles. The van der Waals surface area contributed by atoms with E-state index in [9.17, 15) is 9.90 Å². The smallest absolute Gasteiger partial charge is 0.255 e. The lowest BCUT2D eigenvalue weighted by atomic mass is 10.2. The number of nitrogens with one attached hydrogen (secondary N) is 1. The van der Waals surface area contributed by atoms with Crippen LogP contribution in [0.3, 0.4) is 0 Å². The number of carbonyl (C=O) groups excluding carboxylic acids is 1. The first-order chi connectivity index (χ1) is 8.25. The summed E-state index contributed by atoms with van der Waals surface area (Å²) in [5.41, 5.74) is 0.268. The Morgan fingerprint density at radius 1 is 1.29 bits per heavy atom. The van der Waals surface area contributed by atoms with Crippen LogP contribution in [0.1, 0.15) is 10.4 Å². The summed E-state index contributed by atoms with van der Waals surface area (Å²) in [5, 5.41) is 12.1. The van der Waals surface area contributed by atoms with Crippen molar-refractivity contribution in [3.63, 3.8) is 0 Å². The van der Waals surface area contributed by atoms with Gasteiger partial charge in [0.05, 0.1) is 25.4 Å². The zero-order valence-corrected chi connectivity index (χ0v) is 9.81. The van der Waals surface area contributed by atoms with Crippen LogP contribution in [0, 0.1) is 0 Å². The maximum absolute atomic E-state index is 11.6. The largest absolute Gasteiger partial charge is 0.507 e. The van der Waals surface area contributed by atoms with Crippen molar-refractivity contribution in [3.8, 4) is 5.75 Å². The highest BCUT2D eigenvalue weighted by atomic mass is 16.5. The number of hydrogen-bond donors (Lipinski definition) is 2. The predicted molar refractivity (Wildman–Crippen MR) is 63.1 cm³/mol. The number of ether oxygens (including phenoxy) is 2. The zero-order valence-electron chi connectivity index (χ0n) is 9.81. The van der Waals surface area contributed by atoms with Gasteiger partial charge in [-0.05, 0) is 12.1 Å². The Morgan fingerprint density at radius 3 is 2.76 bits per heavy atom. The van der Waals surface area contributed by atoms with Crippen molar-refractivity contribution in [1.29, 1.82) is 0 Å². The van der Waals surface area contributed by atoms with Gasteiger partial charge >= 0.3 is 0 Å². The molecule has 0 saturated carbocycles. The second-order valence-corrected chi connectivity index (χ2v) is 3.38. The fraction of sp³-hybridized carbons (Fsp3) is 0.417. The highest BCUT2D eigenvalue weighted by molar-refractivity contribution is 5.96. The molecule has 1 aromatic rings. The Kier molecular flexibility index (Phi) is 6.06. The van der Waals surface area contributed by atoms with E-state index >= 15 is 0 Å². The molecule has 0 spiro atoms. The lowest BCUT2D eigenvalue weighted by Gasteiger charge is -2.07. The van der Waals surface area contributed by atoms with E-state index in [2.05, 4.69) is 5.32 Å². The molecule has 2 N–H and O–H groups in total. The number of benzene rings is 1. The minimum atomic E-state index is -0.307. The van der Waals surface area contributed by atoms with E-state index in [0.29, 0.717) is 26.4 Å².